The van der Waals surface area contributed by atoms with Gasteiger partial charge in [0.2, 0.25) is 0 Å². The first-order valence-electron chi connectivity index (χ1n) is 9.38. The van der Waals surface area contributed by atoms with Crippen LogP contribution >= 0.6 is 0 Å². The Morgan fingerprint density at radius 3 is 2.59 bits per heavy atom. The highest BCUT2D eigenvalue weighted by Crippen LogP contribution is 2.19. The van der Waals surface area contributed by atoms with Crippen LogP contribution < -0.4 is 5.32 Å². The molecule has 1 aliphatic rings. The molecule has 6 nitrogen and oxygen atoms in total. The number of amides is 1. The van der Waals surface area contributed by atoms with Gasteiger partial charge in [0, 0.05) is 50.6 Å². The summed E-state index contributed by atoms with van der Waals surface area (Å²) in [7, 11) is 2.14. The van der Waals surface area contributed by atoms with E-state index in [1.54, 1.807) is 30.5 Å². The highest BCUT2D eigenvalue weighted by atomic mass is 16.1. The van der Waals surface area contributed by atoms with Crippen molar-refractivity contribution in [1.82, 2.24) is 14.8 Å². The second-order valence-electron chi connectivity index (χ2n) is 6.91. The molecule has 2 heterocycles. The monoisotopic (exact) mass is 366 g/mol. The molecule has 6 heteroatoms. The molecule has 0 saturated carbocycles. The molecule has 0 aliphatic carbocycles. The number of carbonyl (C=O) groups is 2. The molecule has 1 fully saturated rings. The molecule has 0 spiro atoms. The smallest absolute Gasteiger partial charge is 0.257 e. The number of nitrogens with zero attached hydrogens (tertiary/aromatic N) is 3. The molecule has 1 aliphatic heterocycles. The third-order valence-electron chi connectivity index (χ3n) is 4.87. The quantitative estimate of drug-likeness (QED) is 0.763. The molecule has 0 bridgehead atoms. The van der Waals surface area contributed by atoms with Crippen LogP contribution in [0.1, 0.15) is 33.6 Å². The summed E-state index contributed by atoms with van der Waals surface area (Å²) < 4.78 is 0. The number of nitrogens with one attached hydrogen (secondary N) is 1. The minimum atomic E-state index is -0.263. The number of benzene rings is 1. The Morgan fingerprint density at radius 2 is 1.85 bits per heavy atom. The van der Waals surface area contributed by atoms with Crippen LogP contribution in [0.4, 0.5) is 5.69 Å². The molecule has 0 atom stereocenters. The van der Waals surface area contributed by atoms with E-state index in [2.05, 4.69) is 27.1 Å². The van der Waals surface area contributed by atoms with Crippen molar-refractivity contribution in [2.75, 3.05) is 45.1 Å². The first-order valence-corrected chi connectivity index (χ1v) is 9.38. The zero-order valence-corrected chi connectivity index (χ0v) is 15.7. The second kappa shape index (κ2) is 9.39. The van der Waals surface area contributed by atoms with Gasteiger partial charge in [0.1, 0.15) is 0 Å². The minimum Gasteiger partial charge on any atom is -0.321 e. The predicted molar refractivity (Wildman–Crippen MR) is 106 cm³/mol. The number of aromatic nitrogens is 1. The molecule has 1 saturated heterocycles. The molecule has 2 aromatic rings. The number of hydrogen-bond acceptors (Lipinski definition) is 5. The highest BCUT2D eigenvalue weighted by Gasteiger charge is 2.16. The topological polar surface area (TPSA) is 65.5 Å². The Balaban J connectivity index is 1.56. The number of pyridine rings is 1. The molecule has 27 heavy (non-hydrogen) atoms. The van der Waals surface area contributed by atoms with E-state index in [-0.39, 0.29) is 11.7 Å². The number of rotatable bonds is 7. The van der Waals surface area contributed by atoms with Crippen molar-refractivity contribution < 1.29 is 9.59 Å². The summed E-state index contributed by atoms with van der Waals surface area (Å²) in [4.78, 5) is 33.7. The van der Waals surface area contributed by atoms with Crippen molar-refractivity contribution in [3.8, 4) is 0 Å². The summed E-state index contributed by atoms with van der Waals surface area (Å²) in [5, 5.41) is 2.84. The largest absolute Gasteiger partial charge is 0.321 e. The summed E-state index contributed by atoms with van der Waals surface area (Å²) in [6.45, 7) is 5.21. The Labute approximate surface area is 160 Å². The number of hydrogen-bond donors (Lipinski definition) is 1. The summed E-state index contributed by atoms with van der Waals surface area (Å²) in [6, 6.07) is 10.6. The molecule has 1 aromatic heterocycles. The number of para-hydroxylation sites is 1. The van der Waals surface area contributed by atoms with Gasteiger partial charge >= 0.3 is 0 Å². The fourth-order valence-electron chi connectivity index (χ4n) is 3.20. The molecule has 142 valence electrons. The van der Waals surface area contributed by atoms with E-state index >= 15 is 0 Å². The standard InChI is InChI=1S/C21H26N4O2/c1-24-12-14-25(15-13-24)11-5-9-20(26)18-7-2-3-8-19(18)23-21(27)17-6-4-10-22-16-17/h2-4,6-8,10,16H,5,9,11-15H2,1H3,(H,23,27). The van der Waals surface area contributed by atoms with Gasteiger partial charge in [-0.2, -0.15) is 0 Å². The van der Waals surface area contributed by atoms with Crippen molar-refractivity contribution in [2.45, 2.75) is 12.8 Å². The third kappa shape index (κ3) is 5.45. The number of carbonyl (C=O) groups excluding carboxylic acids is 2. The van der Waals surface area contributed by atoms with Crippen molar-refractivity contribution in [2.24, 2.45) is 0 Å². The van der Waals surface area contributed by atoms with Crippen LogP contribution in [-0.2, 0) is 0 Å². The molecule has 1 amide bonds. The van der Waals surface area contributed by atoms with Crippen LogP contribution in [0.15, 0.2) is 48.8 Å². The van der Waals surface area contributed by atoms with Gasteiger partial charge in [-0.3, -0.25) is 14.6 Å². The number of anilines is 1. The molecule has 0 radical (unpaired) electrons. The van der Waals surface area contributed by atoms with E-state index in [1.807, 2.05) is 12.1 Å². The first-order chi connectivity index (χ1) is 13.1. The van der Waals surface area contributed by atoms with Crippen LogP contribution in [0.5, 0.6) is 0 Å². The van der Waals surface area contributed by atoms with E-state index in [1.165, 1.54) is 6.20 Å². The second-order valence-corrected chi connectivity index (χ2v) is 6.91. The molecule has 3 rings (SSSR count). The van der Waals surface area contributed by atoms with Crippen LogP contribution in [0, 0.1) is 0 Å². The van der Waals surface area contributed by atoms with E-state index in [4.69, 9.17) is 0 Å². The van der Waals surface area contributed by atoms with Crippen LogP contribution in [-0.4, -0.2) is 66.2 Å². The van der Waals surface area contributed by atoms with Crippen LogP contribution in [0.25, 0.3) is 0 Å². The average Bonchev–Trinajstić information content (AvgIpc) is 2.70. The lowest BCUT2D eigenvalue weighted by molar-refractivity contribution is 0.0968. The van der Waals surface area contributed by atoms with Crippen molar-refractivity contribution >= 4 is 17.4 Å². The third-order valence-corrected chi connectivity index (χ3v) is 4.87. The fraction of sp³-hybridized carbons (Fsp3) is 0.381. The van der Waals surface area contributed by atoms with E-state index < -0.39 is 0 Å². The maximum atomic E-state index is 12.7. The van der Waals surface area contributed by atoms with E-state index in [0.717, 1.165) is 39.1 Å². The van der Waals surface area contributed by atoms with Gasteiger partial charge in [-0.1, -0.05) is 12.1 Å². The number of likely N-dealkylation sites (N-methyl/N-ethyl adjacent to an activating group) is 1. The summed E-state index contributed by atoms with van der Waals surface area (Å²) >= 11 is 0. The van der Waals surface area contributed by atoms with Crippen molar-refractivity contribution in [3.05, 3.63) is 59.9 Å². The Hall–Kier alpha value is -2.57. The molecule has 1 N–H and O–H groups in total. The normalized spacial score (nSPS) is 15.4. The fourth-order valence-corrected chi connectivity index (χ4v) is 3.20. The Morgan fingerprint density at radius 1 is 1.07 bits per heavy atom. The predicted octanol–water partition coefficient (Wildman–Crippen LogP) is 2.54. The SMILES string of the molecule is CN1CCN(CCCC(=O)c2ccccc2NC(=O)c2cccnc2)CC1. The maximum Gasteiger partial charge on any atom is 0.257 e. The Kier molecular flexibility index (Phi) is 6.68. The highest BCUT2D eigenvalue weighted by molar-refractivity contribution is 6.09. The molecular weight excluding hydrogens is 340 g/mol. The zero-order valence-electron chi connectivity index (χ0n) is 15.7. The van der Waals surface area contributed by atoms with Gasteiger partial charge in [0.25, 0.3) is 5.91 Å². The van der Waals surface area contributed by atoms with Gasteiger partial charge in [0.15, 0.2) is 5.78 Å². The minimum absolute atomic E-state index is 0.0613. The van der Waals surface area contributed by atoms with E-state index in [0.29, 0.717) is 23.2 Å². The average molecular weight is 366 g/mol. The van der Waals surface area contributed by atoms with Gasteiger partial charge in [-0.05, 0) is 44.3 Å². The lowest BCUT2D eigenvalue weighted by atomic mass is 10.0. The maximum absolute atomic E-state index is 12.7. The van der Waals surface area contributed by atoms with Crippen LogP contribution in [0.2, 0.25) is 0 Å². The van der Waals surface area contributed by atoms with Crippen molar-refractivity contribution in [1.29, 1.82) is 0 Å². The summed E-state index contributed by atoms with van der Waals surface area (Å²) in [5.41, 5.74) is 1.58. The Bertz CT molecular complexity index is 771. The lowest BCUT2D eigenvalue weighted by Crippen LogP contribution is -2.44. The van der Waals surface area contributed by atoms with Gasteiger partial charge < -0.3 is 15.1 Å². The molecule has 0 unspecified atom stereocenters. The number of ketones is 1. The molecular formula is C21H26N4O2. The first kappa shape index (κ1) is 19.2. The van der Waals surface area contributed by atoms with Gasteiger partial charge in [0.05, 0.1) is 11.3 Å². The summed E-state index contributed by atoms with van der Waals surface area (Å²) in [6.07, 6.45) is 4.43. The molecule has 1 aromatic carbocycles. The van der Waals surface area contributed by atoms with Gasteiger partial charge in [-0.25, -0.2) is 0 Å². The van der Waals surface area contributed by atoms with E-state index in [9.17, 15) is 9.59 Å². The lowest BCUT2D eigenvalue weighted by Gasteiger charge is -2.32. The summed E-state index contributed by atoms with van der Waals surface area (Å²) in [5.74, 6) is -0.202. The van der Waals surface area contributed by atoms with Gasteiger partial charge in [-0.15, -0.1) is 0 Å². The number of Topliss-reactive ketones (excluding diaryl/α,β-unsaturated/α-hetero) is 1. The van der Waals surface area contributed by atoms with Crippen LogP contribution in [0.3, 0.4) is 0 Å². The number of piperazine rings is 1. The van der Waals surface area contributed by atoms with Crippen molar-refractivity contribution in [3.63, 3.8) is 0 Å². The zero-order chi connectivity index (χ0) is 19.1.